The van der Waals surface area contributed by atoms with E-state index < -0.39 is 0 Å². The van der Waals surface area contributed by atoms with Crippen LogP contribution in [0.15, 0.2) is 24.3 Å². The second-order valence-corrected chi connectivity index (χ2v) is 5.69. The molecule has 3 rings (SSSR count). The maximum atomic E-state index is 11.8. The van der Waals surface area contributed by atoms with Gasteiger partial charge >= 0.3 is 0 Å². The molecule has 21 heavy (non-hydrogen) atoms. The van der Waals surface area contributed by atoms with E-state index in [1.54, 1.807) is 0 Å². The monoisotopic (exact) mass is 299 g/mol. The largest absolute Gasteiger partial charge is 0.481 e. The van der Waals surface area contributed by atoms with Gasteiger partial charge in [-0.15, -0.1) is 6.42 Å². The minimum absolute atomic E-state index is 0.0229. The third-order valence-electron chi connectivity index (χ3n) is 3.24. The normalized spacial score (nSPS) is 16.7. The van der Waals surface area contributed by atoms with Crippen LogP contribution in [-0.2, 0) is 4.79 Å². The Balaban J connectivity index is 1.90. The van der Waals surface area contributed by atoms with Crippen LogP contribution in [0.25, 0.3) is 0 Å². The van der Waals surface area contributed by atoms with E-state index in [0.29, 0.717) is 23.1 Å². The number of ether oxygens (including phenoxy) is 1. The fraction of sp³-hybridized carbons (Fsp3) is 0.200. The maximum absolute atomic E-state index is 11.8. The van der Waals surface area contributed by atoms with Gasteiger partial charge in [-0.1, -0.05) is 29.4 Å². The molecular weight excluding hydrogens is 286 g/mol. The molecule has 2 aromatic rings. The first-order valence-corrected chi connectivity index (χ1v) is 7.21. The van der Waals surface area contributed by atoms with Crippen LogP contribution in [0, 0.1) is 12.3 Å². The standard InChI is InChI=1S/C15H13N3O2S/c1-2-7-20-10-5-3-9(4-6-10)11-8-12(19)17-14-13(11)21-15(16)18-14/h1,3-6,11H,7-8H2,(H2,16,18)(H,17,19)/t11-/m0/s1. The summed E-state index contributed by atoms with van der Waals surface area (Å²) in [5.74, 6) is 3.63. The number of anilines is 2. The van der Waals surface area contributed by atoms with Gasteiger partial charge in [0.05, 0.1) is 4.88 Å². The minimum atomic E-state index is -0.0505. The summed E-state index contributed by atoms with van der Waals surface area (Å²) in [6.45, 7) is 0.237. The predicted molar refractivity (Wildman–Crippen MR) is 82.4 cm³/mol. The Bertz CT molecular complexity index is 716. The Morgan fingerprint density at radius 3 is 2.95 bits per heavy atom. The molecule has 2 heterocycles. The van der Waals surface area contributed by atoms with Crippen LogP contribution in [0.5, 0.6) is 5.75 Å². The molecule has 1 aliphatic heterocycles. The summed E-state index contributed by atoms with van der Waals surface area (Å²) in [7, 11) is 0. The third kappa shape index (κ3) is 2.69. The van der Waals surface area contributed by atoms with Crippen LogP contribution in [-0.4, -0.2) is 17.5 Å². The van der Waals surface area contributed by atoms with Crippen LogP contribution in [0.3, 0.4) is 0 Å². The molecule has 0 saturated carbocycles. The fourth-order valence-electron chi connectivity index (χ4n) is 2.33. The van der Waals surface area contributed by atoms with E-state index in [-0.39, 0.29) is 18.4 Å². The van der Waals surface area contributed by atoms with E-state index >= 15 is 0 Å². The number of fused-ring (bicyclic) bond motifs is 1. The van der Waals surface area contributed by atoms with Crippen molar-refractivity contribution in [2.24, 2.45) is 0 Å². The smallest absolute Gasteiger partial charge is 0.226 e. The van der Waals surface area contributed by atoms with Crippen molar-refractivity contribution in [1.82, 2.24) is 4.98 Å². The number of nitrogens with one attached hydrogen (secondary N) is 1. The fourth-order valence-corrected chi connectivity index (χ4v) is 3.24. The lowest BCUT2D eigenvalue weighted by atomic mass is 9.91. The van der Waals surface area contributed by atoms with Crippen molar-refractivity contribution in [3.05, 3.63) is 34.7 Å². The minimum Gasteiger partial charge on any atom is -0.481 e. The van der Waals surface area contributed by atoms with Crippen molar-refractivity contribution in [3.8, 4) is 18.1 Å². The van der Waals surface area contributed by atoms with Crippen LogP contribution in [0.4, 0.5) is 10.9 Å². The number of benzene rings is 1. The Morgan fingerprint density at radius 2 is 2.24 bits per heavy atom. The zero-order chi connectivity index (χ0) is 14.8. The molecular formula is C15H13N3O2S. The number of aromatic nitrogens is 1. The molecule has 1 aromatic carbocycles. The number of thiazole rings is 1. The van der Waals surface area contributed by atoms with Crippen molar-refractivity contribution < 1.29 is 9.53 Å². The second kappa shape index (κ2) is 5.46. The van der Waals surface area contributed by atoms with E-state index in [0.717, 1.165) is 10.4 Å². The van der Waals surface area contributed by atoms with Crippen LogP contribution >= 0.6 is 11.3 Å². The molecule has 0 aliphatic carbocycles. The zero-order valence-electron chi connectivity index (χ0n) is 11.1. The summed E-state index contributed by atoms with van der Waals surface area (Å²) >= 11 is 1.41. The molecule has 6 heteroatoms. The van der Waals surface area contributed by atoms with Gasteiger partial charge in [-0.05, 0) is 17.7 Å². The van der Waals surface area contributed by atoms with Crippen molar-refractivity contribution >= 4 is 28.2 Å². The molecule has 1 aromatic heterocycles. The average Bonchev–Trinajstić information content (AvgIpc) is 2.85. The maximum Gasteiger partial charge on any atom is 0.226 e. The van der Waals surface area contributed by atoms with Gasteiger partial charge < -0.3 is 15.8 Å². The van der Waals surface area contributed by atoms with E-state index in [9.17, 15) is 4.79 Å². The molecule has 1 amide bonds. The molecule has 0 bridgehead atoms. The summed E-state index contributed by atoms with van der Waals surface area (Å²) in [4.78, 5) is 16.9. The molecule has 0 unspecified atom stereocenters. The Labute approximate surface area is 126 Å². The SMILES string of the molecule is C#CCOc1ccc([C@@H]2CC(=O)Nc3nc(N)sc32)cc1. The zero-order valence-corrected chi connectivity index (χ0v) is 11.9. The van der Waals surface area contributed by atoms with Crippen molar-refractivity contribution in [1.29, 1.82) is 0 Å². The first-order chi connectivity index (χ1) is 10.2. The average molecular weight is 299 g/mol. The molecule has 0 fully saturated rings. The number of amides is 1. The molecule has 0 saturated heterocycles. The number of hydrogen-bond donors (Lipinski definition) is 2. The highest BCUT2D eigenvalue weighted by Gasteiger charge is 2.29. The highest BCUT2D eigenvalue weighted by atomic mass is 32.1. The molecule has 0 radical (unpaired) electrons. The number of terminal acetylenes is 1. The van der Waals surface area contributed by atoms with Crippen LogP contribution in [0.1, 0.15) is 22.8 Å². The van der Waals surface area contributed by atoms with E-state index in [1.165, 1.54) is 11.3 Å². The Morgan fingerprint density at radius 1 is 1.48 bits per heavy atom. The summed E-state index contributed by atoms with van der Waals surface area (Å²) in [5.41, 5.74) is 6.77. The lowest BCUT2D eigenvalue weighted by Crippen LogP contribution is -2.22. The van der Waals surface area contributed by atoms with E-state index in [4.69, 9.17) is 16.9 Å². The van der Waals surface area contributed by atoms with Crippen LogP contribution in [0.2, 0.25) is 0 Å². The number of hydrogen-bond acceptors (Lipinski definition) is 5. The second-order valence-electron chi connectivity index (χ2n) is 4.63. The number of carbonyl (C=O) groups excluding carboxylic acids is 1. The summed E-state index contributed by atoms with van der Waals surface area (Å²) in [5, 5.41) is 3.21. The quantitative estimate of drug-likeness (QED) is 0.852. The first-order valence-electron chi connectivity index (χ1n) is 6.39. The number of carbonyl (C=O) groups is 1. The van der Waals surface area contributed by atoms with Crippen molar-refractivity contribution in [2.45, 2.75) is 12.3 Å². The highest BCUT2D eigenvalue weighted by molar-refractivity contribution is 7.16. The summed E-state index contributed by atoms with van der Waals surface area (Å²) in [6.07, 6.45) is 5.55. The highest BCUT2D eigenvalue weighted by Crippen LogP contribution is 2.41. The number of rotatable bonds is 3. The Hall–Kier alpha value is -2.52. The number of nitrogen functional groups attached to an aromatic ring is 1. The molecule has 1 atom stereocenters. The van der Waals surface area contributed by atoms with Crippen LogP contribution < -0.4 is 15.8 Å². The van der Waals surface area contributed by atoms with Gasteiger partial charge in [-0.2, -0.15) is 0 Å². The molecule has 1 aliphatic rings. The van der Waals surface area contributed by atoms with Crippen molar-refractivity contribution in [3.63, 3.8) is 0 Å². The summed E-state index contributed by atoms with van der Waals surface area (Å²) < 4.78 is 5.35. The van der Waals surface area contributed by atoms with Gasteiger partial charge in [0.15, 0.2) is 5.13 Å². The van der Waals surface area contributed by atoms with E-state index in [1.807, 2.05) is 24.3 Å². The molecule has 3 N–H and O–H groups in total. The third-order valence-corrected chi connectivity index (χ3v) is 4.24. The summed E-state index contributed by atoms with van der Waals surface area (Å²) in [6, 6.07) is 7.58. The van der Waals surface area contributed by atoms with Gasteiger partial charge in [0.2, 0.25) is 5.91 Å². The molecule has 106 valence electrons. The van der Waals surface area contributed by atoms with Gasteiger partial charge in [0, 0.05) is 12.3 Å². The predicted octanol–water partition coefficient (Wildman–Crippen LogP) is 2.21. The number of nitrogens with zero attached hydrogens (tertiary/aromatic N) is 1. The first kappa shape index (κ1) is 13.5. The molecule has 5 nitrogen and oxygen atoms in total. The Kier molecular flexibility index (Phi) is 3.50. The van der Waals surface area contributed by atoms with Gasteiger partial charge in [-0.25, -0.2) is 4.98 Å². The number of nitrogens with two attached hydrogens (primary N) is 1. The topological polar surface area (TPSA) is 77.2 Å². The van der Waals surface area contributed by atoms with Crippen molar-refractivity contribution in [2.75, 3.05) is 17.7 Å². The van der Waals surface area contributed by atoms with E-state index in [2.05, 4.69) is 16.2 Å². The van der Waals surface area contributed by atoms with Gasteiger partial charge in [0.1, 0.15) is 18.2 Å². The molecule has 0 spiro atoms. The van der Waals surface area contributed by atoms with Gasteiger partial charge in [0.25, 0.3) is 0 Å². The lowest BCUT2D eigenvalue weighted by molar-refractivity contribution is -0.116. The van der Waals surface area contributed by atoms with Gasteiger partial charge in [-0.3, -0.25) is 4.79 Å². The lowest BCUT2D eigenvalue weighted by Gasteiger charge is -2.21.